The highest BCUT2D eigenvalue weighted by Gasteiger charge is 2.23. The van der Waals surface area contributed by atoms with Crippen molar-refractivity contribution in [2.24, 2.45) is 0 Å². The molecule has 0 radical (unpaired) electrons. The molecule has 1 saturated carbocycles. The van der Waals surface area contributed by atoms with E-state index in [4.69, 9.17) is 15.0 Å². The quantitative estimate of drug-likeness (QED) is 0.269. The second-order valence-corrected chi connectivity index (χ2v) is 11.4. The minimum atomic E-state index is -0.572. The van der Waals surface area contributed by atoms with Gasteiger partial charge in [-0.15, -0.1) is 11.3 Å². The average molecular weight is 572 g/mol. The highest BCUT2D eigenvalue weighted by molar-refractivity contribution is 7.22. The van der Waals surface area contributed by atoms with Gasteiger partial charge in [-0.3, -0.25) is 19.8 Å². The van der Waals surface area contributed by atoms with E-state index in [9.17, 15) is 9.18 Å². The van der Waals surface area contributed by atoms with Crippen LogP contribution >= 0.6 is 11.3 Å². The van der Waals surface area contributed by atoms with Crippen molar-refractivity contribution >= 4 is 33.3 Å². The standard InChI is InChI=1S/C30H30FN7O2S/c31-23-16-22(36-30(39)35-21-3-4-21)5-7-26(23)40-27-8-10-33-25-17-28(41-29(25)27)24-6-2-20(18-34-24)19-38-14-12-37(13-15-38)11-1-9-32/h2,5-8,10,16-18,21H,1,3-4,11-15,19H2,(H2,35,36,39). The van der Waals surface area contributed by atoms with Crippen molar-refractivity contribution in [3.63, 3.8) is 0 Å². The van der Waals surface area contributed by atoms with Crippen LogP contribution in [0.5, 0.6) is 11.5 Å². The Morgan fingerprint density at radius 3 is 2.63 bits per heavy atom. The Morgan fingerprint density at radius 1 is 1.07 bits per heavy atom. The van der Waals surface area contributed by atoms with Crippen molar-refractivity contribution in [3.8, 4) is 28.1 Å². The summed E-state index contributed by atoms with van der Waals surface area (Å²) in [7, 11) is 0. The molecule has 0 unspecified atom stereocenters. The molecular weight excluding hydrogens is 541 g/mol. The number of rotatable bonds is 9. The van der Waals surface area contributed by atoms with Crippen molar-refractivity contribution < 1.29 is 13.9 Å². The number of nitrogens with one attached hydrogen (secondary N) is 2. The maximum absolute atomic E-state index is 14.9. The van der Waals surface area contributed by atoms with Gasteiger partial charge in [-0.05, 0) is 42.7 Å². The van der Waals surface area contributed by atoms with Crippen molar-refractivity contribution in [1.82, 2.24) is 25.1 Å². The highest BCUT2D eigenvalue weighted by Crippen LogP contribution is 2.39. The van der Waals surface area contributed by atoms with Crippen LogP contribution in [0.2, 0.25) is 0 Å². The number of ether oxygens (including phenoxy) is 1. The van der Waals surface area contributed by atoms with Crippen LogP contribution in [-0.4, -0.2) is 64.6 Å². The van der Waals surface area contributed by atoms with Gasteiger partial charge in [0.25, 0.3) is 0 Å². The number of anilines is 1. The summed E-state index contributed by atoms with van der Waals surface area (Å²) >= 11 is 1.50. The van der Waals surface area contributed by atoms with E-state index in [0.717, 1.165) is 78.5 Å². The maximum atomic E-state index is 14.9. The molecule has 1 aliphatic heterocycles. The van der Waals surface area contributed by atoms with Crippen LogP contribution in [-0.2, 0) is 6.54 Å². The summed E-state index contributed by atoms with van der Waals surface area (Å²) in [6.07, 6.45) is 6.09. The van der Waals surface area contributed by atoms with E-state index in [2.05, 4.69) is 37.6 Å². The fraction of sp³-hybridized carbons (Fsp3) is 0.333. The van der Waals surface area contributed by atoms with Gasteiger partial charge in [-0.25, -0.2) is 9.18 Å². The number of fused-ring (bicyclic) bond motifs is 1. The fourth-order valence-corrected chi connectivity index (χ4v) is 5.82. The number of nitrogens with zero attached hydrogens (tertiary/aromatic N) is 5. The van der Waals surface area contributed by atoms with Gasteiger partial charge in [0.05, 0.1) is 26.9 Å². The maximum Gasteiger partial charge on any atom is 0.319 e. The first-order valence-electron chi connectivity index (χ1n) is 13.7. The van der Waals surface area contributed by atoms with Gasteiger partial charge >= 0.3 is 6.03 Å². The van der Waals surface area contributed by atoms with Crippen LogP contribution in [0.25, 0.3) is 20.8 Å². The van der Waals surface area contributed by atoms with Crippen LogP contribution in [0, 0.1) is 17.1 Å². The molecule has 0 spiro atoms. The Balaban J connectivity index is 1.10. The second kappa shape index (κ2) is 12.2. The van der Waals surface area contributed by atoms with E-state index in [1.54, 1.807) is 18.3 Å². The van der Waals surface area contributed by atoms with Crippen LogP contribution in [0.1, 0.15) is 24.8 Å². The van der Waals surface area contributed by atoms with Gasteiger partial charge in [0.15, 0.2) is 11.6 Å². The SMILES string of the molecule is N#CCCN1CCN(Cc2ccc(-c3cc4nccc(Oc5ccc(NC(=O)NC6CC6)cc5F)c4s3)nc2)CC1. The van der Waals surface area contributed by atoms with Crippen LogP contribution in [0.4, 0.5) is 14.9 Å². The third kappa shape index (κ3) is 6.79. The van der Waals surface area contributed by atoms with E-state index in [-0.39, 0.29) is 17.8 Å². The summed E-state index contributed by atoms with van der Waals surface area (Å²) in [5.41, 5.74) is 3.10. The Labute approximate surface area is 241 Å². The minimum Gasteiger partial charge on any atom is -0.453 e. The number of amides is 2. The largest absolute Gasteiger partial charge is 0.453 e. The molecule has 4 heterocycles. The van der Waals surface area contributed by atoms with Gasteiger partial charge in [-0.1, -0.05) is 6.07 Å². The summed E-state index contributed by atoms with van der Waals surface area (Å²) in [4.78, 5) is 26.9. The lowest BCUT2D eigenvalue weighted by atomic mass is 10.2. The number of hydrogen-bond acceptors (Lipinski definition) is 8. The lowest BCUT2D eigenvalue weighted by Crippen LogP contribution is -2.46. The first-order chi connectivity index (χ1) is 20.0. The normalized spacial score (nSPS) is 15.9. The fourth-order valence-electron chi connectivity index (χ4n) is 4.78. The number of hydrogen-bond donors (Lipinski definition) is 2. The summed E-state index contributed by atoms with van der Waals surface area (Å²) in [5, 5.41) is 14.3. The molecule has 6 rings (SSSR count). The van der Waals surface area contributed by atoms with Gasteiger partial charge < -0.3 is 15.4 Å². The zero-order valence-corrected chi connectivity index (χ0v) is 23.3. The van der Waals surface area contributed by atoms with Crippen molar-refractivity contribution in [2.45, 2.75) is 31.8 Å². The molecule has 9 nitrogen and oxygen atoms in total. The predicted molar refractivity (Wildman–Crippen MR) is 156 cm³/mol. The number of carbonyl (C=O) groups is 1. The zero-order chi connectivity index (χ0) is 28.2. The third-order valence-electron chi connectivity index (χ3n) is 7.19. The molecule has 210 valence electrons. The number of benzene rings is 1. The highest BCUT2D eigenvalue weighted by atomic mass is 32.1. The van der Waals surface area contributed by atoms with Crippen LogP contribution in [0.15, 0.2) is 54.9 Å². The molecular formula is C30H30FN7O2S. The van der Waals surface area contributed by atoms with Crippen molar-refractivity contribution in [2.75, 3.05) is 38.0 Å². The molecule has 2 amide bonds. The molecule has 4 aromatic rings. The van der Waals surface area contributed by atoms with E-state index >= 15 is 0 Å². The number of pyridine rings is 2. The zero-order valence-electron chi connectivity index (χ0n) is 22.5. The Kier molecular flexibility index (Phi) is 8.04. The Bertz CT molecular complexity index is 1570. The molecule has 2 aliphatic rings. The number of piperazine rings is 1. The number of urea groups is 1. The summed E-state index contributed by atoms with van der Waals surface area (Å²) in [5.74, 6) is -0.00588. The number of nitriles is 1. The predicted octanol–water partition coefficient (Wildman–Crippen LogP) is 5.60. The smallest absolute Gasteiger partial charge is 0.319 e. The molecule has 3 aromatic heterocycles. The number of aromatic nitrogens is 2. The second-order valence-electron chi connectivity index (χ2n) is 10.3. The van der Waals surface area contributed by atoms with Crippen LogP contribution < -0.4 is 15.4 Å². The Morgan fingerprint density at radius 2 is 1.90 bits per heavy atom. The molecule has 1 aromatic carbocycles. The molecule has 1 aliphatic carbocycles. The number of thiophene rings is 1. The van der Waals surface area contributed by atoms with Gasteiger partial charge in [0.2, 0.25) is 0 Å². The molecule has 11 heteroatoms. The van der Waals surface area contributed by atoms with E-state index < -0.39 is 5.82 Å². The monoisotopic (exact) mass is 571 g/mol. The summed E-state index contributed by atoms with van der Waals surface area (Å²) in [6, 6.07) is 14.3. The topological polar surface area (TPSA) is 106 Å². The minimum absolute atomic E-state index is 0.0639. The lowest BCUT2D eigenvalue weighted by Gasteiger charge is -2.34. The van der Waals surface area contributed by atoms with E-state index in [1.165, 1.54) is 23.5 Å². The molecule has 2 N–H and O–H groups in total. The van der Waals surface area contributed by atoms with Gasteiger partial charge in [-0.2, -0.15) is 5.26 Å². The number of carbonyl (C=O) groups excluding carboxylic acids is 1. The molecule has 0 bridgehead atoms. The van der Waals surface area contributed by atoms with Crippen LogP contribution in [0.3, 0.4) is 0 Å². The van der Waals surface area contributed by atoms with E-state index in [1.807, 2.05) is 18.3 Å². The lowest BCUT2D eigenvalue weighted by molar-refractivity contribution is 0.129. The molecule has 0 atom stereocenters. The molecule has 41 heavy (non-hydrogen) atoms. The molecule has 2 fully saturated rings. The van der Waals surface area contributed by atoms with Gasteiger partial charge in [0.1, 0.15) is 5.75 Å². The molecule has 1 saturated heterocycles. The van der Waals surface area contributed by atoms with Gasteiger partial charge in [0, 0.05) is 81.9 Å². The van der Waals surface area contributed by atoms with Crippen molar-refractivity contribution in [1.29, 1.82) is 5.26 Å². The van der Waals surface area contributed by atoms with E-state index in [0.29, 0.717) is 17.9 Å². The summed E-state index contributed by atoms with van der Waals surface area (Å²) < 4.78 is 21.6. The number of halogens is 1. The summed E-state index contributed by atoms with van der Waals surface area (Å²) in [6.45, 7) is 5.61. The third-order valence-corrected chi connectivity index (χ3v) is 8.35. The average Bonchev–Trinajstić information content (AvgIpc) is 3.68. The van der Waals surface area contributed by atoms with Crippen molar-refractivity contribution in [3.05, 3.63) is 66.2 Å². The first-order valence-corrected chi connectivity index (χ1v) is 14.6. The Hall–Kier alpha value is -4.11. The first kappa shape index (κ1) is 27.1.